The van der Waals surface area contributed by atoms with Crippen molar-refractivity contribution in [2.75, 3.05) is 11.9 Å². The Hall–Kier alpha value is -1.16. The van der Waals surface area contributed by atoms with E-state index in [0.29, 0.717) is 6.54 Å². The molecule has 0 amide bonds. The molecule has 0 aliphatic rings. The second-order valence-electron chi connectivity index (χ2n) is 3.70. The number of aromatic nitrogens is 2. The fourth-order valence-electron chi connectivity index (χ4n) is 0.902. The quantitative estimate of drug-likeness (QED) is 0.726. The number of nitrogens with two attached hydrogens (primary N) is 1. The molecule has 0 unspecified atom stereocenters. The molecule has 0 fully saturated rings. The van der Waals surface area contributed by atoms with Crippen LogP contribution in [0.15, 0.2) is 12.4 Å². The van der Waals surface area contributed by atoms with Crippen LogP contribution in [0.2, 0.25) is 0 Å². The third-order valence-corrected chi connectivity index (χ3v) is 1.85. The Balaban J connectivity index is 2.80. The molecule has 0 saturated heterocycles. The molecule has 4 heteroatoms. The van der Waals surface area contributed by atoms with Crippen molar-refractivity contribution in [2.24, 2.45) is 5.73 Å². The average molecular weight is 180 g/mol. The highest BCUT2D eigenvalue weighted by Crippen LogP contribution is 2.13. The zero-order valence-corrected chi connectivity index (χ0v) is 8.33. The molecule has 0 spiro atoms. The zero-order chi connectivity index (χ0) is 9.90. The summed E-state index contributed by atoms with van der Waals surface area (Å²) in [6, 6.07) is 0. The van der Waals surface area contributed by atoms with Gasteiger partial charge in [-0.05, 0) is 20.8 Å². The van der Waals surface area contributed by atoms with Crippen molar-refractivity contribution in [1.29, 1.82) is 0 Å². The summed E-state index contributed by atoms with van der Waals surface area (Å²) in [7, 11) is 0. The van der Waals surface area contributed by atoms with Crippen LogP contribution in [0, 0.1) is 6.92 Å². The maximum atomic E-state index is 5.59. The van der Waals surface area contributed by atoms with E-state index in [1.807, 2.05) is 20.8 Å². The monoisotopic (exact) mass is 180 g/mol. The van der Waals surface area contributed by atoms with Gasteiger partial charge in [0.25, 0.3) is 0 Å². The van der Waals surface area contributed by atoms with Crippen LogP contribution in [-0.4, -0.2) is 22.1 Å². The molecule has 0 saturated carbocycles. The van der Waals surface area contributed by atoms with Crippen LogP contribution in [-0.2, 0) is 0 Å². The molecule has 1 rings (SSSR count). The van der Waals surface area contributed by atoms with E-state index in [1.54, 1.807) is 12.4 Å². The summed E-state index contributed by atoms with van der Waals surface area (Å²) in [5, 5.41) is 3.24. The molecule has 0 aromatic carbocycles. The maximum absolute atomic E-state index is 5.59. The summed E-state index contributed by atoms with van der Waals surface area (Å²) in [6.45, 7) is 6.53. The lowest BCUT2D eigenvalue weighted by atomic mass is 10.1. The molecule has 3 N–H and O–H groups in total. The van der Waals surface area contributed by atoms with Gasteiger partial charge in [0.2, 0.25) is 0 Å². The van der Waals surface area contributed by atoms with E-state index in [9.17, 15) is 0 Å². The van der Waals surface area contributed by atoms with E-state index in [1.165, 1.54) is 0 Å². The first-order valence-electron chi connectivity index (χ1n) is 4.31. The Kier molecular flexibility index (Phi) is 2.83. The average Bonchev–Trinajstić information content (AvgIpc) is 2.09. The van der Waals surface area contributed by atoms with Crippen molar-refractivity contribution in [3.63, 3.8) is 0 Å². The molecule has 1 aromatic heterocycles. The number of aryl methyl sites for hydroxylation is 1. The first-order valence-corrected chi connectivity index (χ1v) is 4.31. The molecule has 13 heavy (non-hydrogen) atoms. The lowest BCUT2D eigenvalue weighted by molar-refractivity contribution is 0.576. The molecule has 0 bridgehead atoms. The molecule has 1 aromatic rings. The van der Waals surface area contributed by atoms with E-state index in [2.05, 4.69) is 15.3 Å². The number of hydrogen-bond donors (Lipinski definition) is 2. The smallest absolute Gasteiger partial charge is 0.147 e. The summed E-state index contributed by atoms with van der Waals surface area (Å²) in [6.07, 6.45) is 3.35. The Labute approximate surface area is 78.6 Å². The van der Waals surface area contributed by atoms with E-state index in [-0.39, 0.29) is 5.54 Å². The Morgan fingerprint density at radius 2 is 2.00 bits per heavy atom. The zero-order valence-electron chi connectivity index (χ0n) is 8.33. The SMILES string of the molecule is Cc1nccnc1NC(C)(C)CN. The molecule has 0 atom stereocenters. The number of nitrogens with zero attached hydrogens (tertiary/aromatic N) is 2. The predicted octanol–water partition coefficient (Wildman–Crippen LogP) is 0.934. The normalized spacial score (nSPS) is 11.4. The molecular weight excluding hydrogens is 164 g/mol. The topological polar surface area (TPSA) is 63.8 Å². The van der Waals surface area contributed by atoms with Gasteiger partial charge in [-0.15, -0.1) is 0 Å². The Morgan fingerprint density at radius 1 is 1.38 bits per heavy atom. The lowest BCUT2D eigenvalue weighted by Gasteiger charge is -2.25. The summed E-state index contributed by atoms with van der Waals surface area (Å²) in [4.78, 5) is 8.31. The van der Waals surface area contributed by atoms with Crippen LogP contribution in [0.4, 0.5) is 5.82 Å². The van der Waals surface area contributed by atoms with Gasteiger partial charge in [0, 0.05) is 24.5 Å². The van der Waals surface area contributed by atoms with Gasteiger partial charge in [0.1, 0.15) is 5.82 Å². The van der Waals surface area contributed by atoms with Crippen molar-refractivity contribution in [3.8, 4) is 0 Å². The van der Waals surface area contributed by atoms with Crippen LogP contribution < -0.4 is 11.1 Å². The van der Waals surface area contributed by atoms with Gasteiger partial charge in [-0.3, -0.25) is 4.98 Å². The fraction of sp³-hybridized carbons (Fsp3) is 0.556. The number of nitrogens with one attached hydrogen (secondary N) is 1. The molecule has 72 valence electrons. The Morgan fingerprint density at radius 3 is 2.54 bits per heavy atom. The third-order valence-electron chi connectivity index (χ3n) is 1.85. The minimum Gasteiger partial charge on any atom is -0.362 e. The van der Waals surface area contributed by atoms with Gasteiger partial charge >= 0.3 is 0 Å². The van der Waals surface area contributed by atoms with Crippen LogP contribution in [0.3, 0.4) is 0 Å². The number of hydrogen-bond acceptors (Lipinski definition) is 4. The van der Waals surface area contributed by atoms with E-state index in [0.717, 1.165) is 11.5 Å². The van der Waals surface area contributed by atoms with Crippen molar-refractivity contribution in [1.82, 2.24) is 9.97 Å². The number of anilines is 1. The summed E-state index contributed by atoms with van der Waals surface area (Å²) in [5.41, 5.74) is 6.35. The summed E-state index contributed by atoms with van der Waals surface area (Å²) >= 11 is 0. The van der Waals surface area contributed by atoms with Gasteiger partial charge < -0.3 is 11.1 Å². The third kappa shape index (κ3) is 2.66. The highest BCUT2D eigenvalue weighted by molar-refractivity contribution is 5.40. The van der Waals surface area contributed by atoms with Gasteiger partial charge in [-0.2, -0.15) is 0 Å². The standard InChI is InChI=1S/C9H16N4/c1-7-8(12-5-4-11-7)13-9(2,3)6-10/h4-5H,6,10H2,1-3H3,(H,12,13). The second-order valence-corrected chi connectivity index (χ2v) is 3.70. The molecule has 0 aliphatic heterocycles. The van der Waals surface area contributed by atoms with Crippen molar-refractivity contribution >= 4 is 5.82 Å². The van der Waals surface area contributed by atoms with Crippen molar-refractivity contribution in [3.05, 3.63) is 18.1 Å². The molecule has 1 heterocycles. The van der Waals surface area contributed by atoms with Gasteiger partial charge in [0.15, 0.2) is 0 Å². The highest BCUT2D eigenvalue weighted by atomic mass is 15.1. The van der Waals surface area contributed by atoms with E-state index < -0.39 is 0 Å². The maximum Gasteiger partial charge on any atom is 0.147 e. The first kappa shape index (κ1) is 9.92. The van der Waals surface area contributed by atoms with Crippen LogP contribution in [0.5, 0.6) is 0 Å². The fourth-order valence-corrected chi connectivity index (χ4v) is 0.902. The van der Waals surface area contributed by atoms with Crippen LogP contribution in [0.1, 0.15) is 19.5 Å². The Bertz CT molecular complexity index is 283. The van der Waals surface area contributed by atoms with Gasteiger partial charge in [-0.25, -0.2) is 4.98 Å². The van der Waals surface area contributed by atoms with Crippen LogP contribution >= 0.6 is 0 Å². The first-order chi connectivity index (χ1) is 6.05. The minimum absolute atomic E-state index is 0.138. The molecule has 0 aliphatic carbocycles. The number of rotatable bonds is 3. The van der Waals surface area contributed by atoms with Gasteiger partial charge in [-0.1, -0.05) is 0 Å². The lowest BCUT2D eigenvalue weighted by Crippen LogP contribution is -2.39. The largest absolute Gasteiger partial charge is 0.362 e. The van der Waals surface area contributed by atoms with Gasteiger partial charge in [0.05, 0.1) is 5.69 Å². The molecule has 0 radical (unpaired) electrons. The second kappa shape index (κ2) is 3.70. The highest BCUT2D eigenvalue weighted by Gasteiger charge is 2.16. The van der Waals surface area contributed by atoms with Crippen molar-refractivity contribution < 1.29 is 0 Å². The summed E-state index contributed by atoms with van der Waals surface area (Å²) in [5.74, 6) is 0.804. The summed E-state index contributed by atoms with van der Waals surface area (Å²) < 4.78 is 0. The van der Waals surface area contributed by atoms with E-state index in [4.69, 9.17) is 5.73 Å². The predicted molar refractivity (Wildman–Crippen MR) is 53.5 cm³/mol. The molecular formula is C9H16N4. The molecule has 4 nitrogen and oxygen atoms in total. The van der Waals surface area contributed by atoms with Crippen molar-refractivity contribution in [2.45, 2.75) is 26.3 Å². The van der Waals surface area contributed by atoms with Crippen LogP contribution in [0.25, 0.3) is 0 Å². The minimum atomic E-state index is -0.138. The van der Waals surface area contributed by atoms with E-state index >= 15 is 0 Å².